The molecule has 0 unspecified atom stereocenters. The van der Waals surface area contributed by atoms with Crippen LogP contribution >= 0.6 is 0 Å². The summed E-state index contributed by atoms with van der Waals surface area (Å²) in [7, 11) is 0. The maximum absolute atomic E-state index is 2.57. The molecule has 12 heavy (non-hydrogen) atoms. The molecule has 1 nitrogen and oxygen atoms in total. The van der Waals surface area contributed by atoms with Crippen LogP contribution in [0.5, 0.6) is 0 Å². The summed E-state index contributed by atoms with van der Waals surface area (Å²) in [4.78, 5) is 2.57. The van der Waals surface area contributed by atoms with Crippen LogP contribution in [0.15, 0.2) is 0 Å². The fourth-order valence-corrected chi connectivity index (χ4v) is 1.94. The minimum absolute atomic E-state index is 0.698. The molecule has 71 valence electrons. The van der Waals surface area contributed by atoms with Crippen molar-refractivity contribution >= 4 is 16.3 Å². The smallest absolute Gasteiger partial charge is 0.173 e. The quantitative estimate of drug-likeness (QED) is 0.452. The van der Waals surface area contributed by atoms with Gasteiger partial charge in [-0.1, -0.05) is 6.42 Å². The maximum Gasteiger partial charge on any atom is 0.173 e. The number of nitrogens with zero attached hydrogens (tertiary/aromatic N) is 1. The van der Waals surface area contributed by atoms with Crippen molar-refractivity contribution in [2.75, 3.05) is 6.54 Å². The molecule has 0 amide bonds. The fourth-order valence-electron chi connectivity index (χ4n) is 1.58. The third-order valence-electron chi connectivity index (χ3n) is 2.24. The van der Waals surface area contributed by atoms with Gasteiger partial charge in [0, 0.05) is 12.1 Å². The zero-order valence-corrected chi connectivity index (χ0v) is 10.6. The van der Waals surface area contributed by atoms with Crippen LogP contribution in [0.2, 0.25) is 5.28 Å². The molecule has 0 rings (SSSR count). The molecule has 0 bridgehead atoms. The van der Waals surface area contributed by atoms with Gasteiger partial charge >= 0.3 is 0 Å². The maximum atomic E-state index is 2.57. The van der Waals surface area contributed by atoms with E-state index in [9.17, 15) is 0 Å². The lowest BCUT2D eigenvalue weighted by atomic mass is 10.2. The molecule has 0 saturated carbocycles. The summed E-state index contributed by atoms with van der Waals surface area (Å²) in [5, 5.41) is 1.35. The molecule has 0 aliphatic rings. The van der Waals surface area contributed by atoms with E-state index in [1.807, 2.05) is 0 Å². The van der Waals surface area contributed by atoms with Gasteiger partial charge in [0.1, 0.15) is 0 Å². The Morgan fingerprint density at radius 3 is 1.83 bits per heavy atom. The van der Waals surface area contributed by atoms with E-state index in [0.29, 0.717) is 12.1 Å². The second-order valence-corrected chi connectivity index (χ2v) is 4.69. The monoisotopic (exact) mass is 184 g/mol. The van der Waals surface area contributed by atoms with Crippen LogP contribution in [0.1, 0.15) is 40.5 Å². The molecule has 0 N–H and O–H groups in total. The Balaban J connectivity index is 3.64. The Bertz CT molecular complexity index is 94.0. The molecule has 0 aromatic carbocycles. The predicted octanol–water partition coefficient (Wildman–Crippen LogP) is 2.20. The molecule has 0 aromatic rings. The molecule has 0 fully saturated rings. The molecule has 1 radical (unpaired) electrons. The third-order valence-corrected chi connectivity index (χ3v) is 2.74. The molecule has 0 spiro atoms. The van der Waals surface area contributed by atoms with Gasteiger partial charge in [0.05, 0.1) is 0 Å². The summed E-state index contributed by atoms with van der Waals surface area (Å²) < 4.78 is 0. The van der Waals surface area contributed by atoms with Crippen molar-refractivity contribution in [3.63, 3.8) is 0 Å². The van der Waals surface area contributed by atoms with Gasteiger partial charge in [0.15, 0.2) is 16.3 Å². The first kappa shape index (κ1) is 12.5. The van der Waals surface area contributed by atoms with Gasteiger partial charge in [0.25, 0.3) is 0 Å². The van der Waals surface area contributed by atoms with E-state index < -0.39 is 0 Å². The lowest BCUT2D eigenvalue weighted by Gasteiger charge is -2.30. The number of rotatable bonds is 6. The molecule has 0 atom stereocenters. The van der Waals surface area contributed by atoms with Gasteiger partial charge in [-0.05, 0) is 40.7 Å². The van der Waals surface area contributed by atoms with Crippen LogP contribution in [0.3, 0.4) is 0 Å². The van der Waals surface area contributed by atoms with E-state index in [0.717, 1.165) is 0 Å². The molecular weight excluding hydrogens is 161 g/mol. The summed E-state index contributed by atoms with van der Waals surface area (Å²) >= 11 is 2.08. The van der Waals surface area contributed by atoms with Gasteiger partial charge in [-0.25, -0.2) is 0 Å². The van der Waals surface area contributed by atoms with E-state index in [1.165, 1.54) is 24.7 Å². The predicted molar refractivity (Wildman–Crippen MR) is 58.2 cm³/mol. The largest absolute Gasteiger partial charge is 0.299 e. The number of hydrogen-bond donors (Lipinski definition) is 0. The van der Waals surface area contributed by atoms with Crippen LogP contribution in [-0.2, 0) is 0 Å². The first-order valence-corrected chi connectivity index (χ1v) is 6.14. The zero-order valence-electron chi connectivity index (χ0n) is 9.14. The lowest BCUT2D eigenvalue weighted by Crippen LogP contribution is -2.37. The minimum atomic E-state index is 0.698. The second-order valence-electron chi connectivity index (χ2n) is 3.99. The van der Waals surface area contributed by atoms with E-state index >= 15 is 0 Å². The Morgan fingerprint density at radius 1 is 1.00 bits per heavy atom. The van der Waals surface area contributed by atoms with E-state index in [2.05, 4.69) is 48.9 Å². The highest BCUT2D eigenvalue weighted by atomic mass is 27.0. The van der Waals surface area contributed by atoms with E-state index in [-0.39, 0.29) is 0 Å². The summed E-state index contributed by atoms with van der Waals surface area (Å²) in [5.74, 6) is 0. The van der Waals surface area contributed by atoms with Crippen molar-refractivity contribution in [2.45, 2.75) is 57.9 Å². The van der Waals surface area contributed by atoms with Gasteiger partial charge in [-0.2, -0.15) is 0 Å². The minimum Gasteiger partial charge on any atom is -0.299 e. The van der Waals surface area contributed by atoms with Crippen LogP contribution in [-0.4, -0.2) is 39.8 Å². The highest BCUT2D eigenvalue weighted by Gasteiger charge is 2.11. The first-order chi connectivity index (χ1) is 5.59. The highest BCUT2D eigenvalue weighted by Crippen LogP contribution is 2.07. The van der Waals surface area contributed by atoms with E-state index in [4.69, 9.17) is 0 Å². The van der Waals surface area contributed by atoms with Crippen LogP contribution in [0, 0.1) is 0 Å². The molecular formula is C10H23AlN. The number of hydrogen-bond acceptors (Lipinski definition) is 1. The molecule has 0 aliphatic heterocycles. The van der Waals surface area contributed by atoms with Crippen LogP contribution < -0.4 is 0 Å². The third kappa shape index (κ3) is 5.19. The topological polar surface area (TPSA) is 3.24 Å². The van der Waals surface area contributed by atoms with Crippen molar-refractivity contribution in [3.8, 4) is 0 Å². The normalized spacial score (nSPS) is 11.9. The Morgan fingerprint density at radius 2 is 1.50 bits per heavy atom. The molecule has 0 aromatic heterocycles. The SMILES string of the molecule is CC(C)N(CCC[CH2][AlH])C(C)C. The van der Waals surface area contributed by atoms with Gasteiger partial charge in [-0.15, -0.1) is 5.28 Å². The molecule has 0 aliphatic carbocycles. The Kier molecular flexibility index (Phi) is 7.24. The summed E-state index contributed by atoms with van der Waals surface area (Å²) in [5.41, 5.74) is 0. The number of unbranched alkanes of at least 4 members (excludes halogenated alkanes) is 1. The average Bonchev–Trinajstić information content (AvgIpc) is 1.96. The molecule has 2 heteroatoms. The van der Waals surface area contributed by atoms with Crippen molar-refractivity contribution in [1.29, 1.82) is 0 Å². The molecule has 0 heterocycles. The highest BCUT2D eigenvalue weighted by molar-refractivity contribution is 6.08. The van der Waals surface area contributed by atoms with Gasteiger partial charge < -0.3 is 0 Å². The molecule has 0 saturated heterocycles. The summed E-state index contributed by atoms with van der Waals surface area (Å²) in [6.45, 7) is 10.4. The fraction of sp³-hybridized carbons (Fsp3) is 1.00. The Hall–Kier alpha value is 0.492. The van der Waals surface area contributed by atoms with Crippen molar-refractivity contribution in [2.24, 2.45) is 0 Å². The van der Waals surface area contributed by atoms with Crippen molar-refractivity contribution < 1.29 is 0 Å². The van der Waals surface area contributed by atoms with Crippen LogP contribution in [0.4, 0.5) is 0 Å². The van der Waals surface area contributed by atoms with Gasteiger partial charge in [0.2, 0.25) is 0 Å². The summed E-state index contributed by atoms with van der Waals surface area (Å²) in [6.07, 6.45) is 2.74. The average molecular weight is 184 g/mol. The van der Waals surface area contributed by atoms with E-state index in [1.54, 1.807) is 0 Å². The zero-order chi connectivity index (χ0) is 9.56. The second kappa shape index (κ2) is 6.95. The van der Waals surface area contributed by atoms with Gasteiger partial charge in [-0.3, -0.25) is 4.90 Å². The van der Waals surface area contributed by atoms with Crippen LogP contribution in [0.25, 0.3) is 0 Å². The standard InChI is InChI=1S/C10H22N.Al.H/c1-6-7-8-11(9(2)3)10(4)5;;/h9-10H,1,6-8H2,2-5H3;;. The van der Waals surface area contributed by atoms with Crippen molar-refractivity contribution in [3.05, 3.63) is 0 Å². The summed E-state index contributed by atoms with van der Waals surface area (Å²) in [6, 6.07) is 1.40. The first-order valence-electron chi connectivity index (χ1n) is 5.14. The lowest BCUT2D eigenvalue weighted by molar-refractivity contribution is 0.172. The Labute approximate surface area is 85.9 Å². The van der Waals surface area contributed by atoms with Crippen molar-refractivity contribution in [1.82, 2.24) is 4.90 Å².